The van der Waals surface area contributed by atoms with E-state index in [0.717, 1.165) is 95.8 Å². The SMILES string of the molecule is CCCCCCCCCCCC(=O)OC[C@H](COP(=O)(O)OC[C@H](O)COP(=O)(O)OC[C@@H](COC(=O)CCCCCCCCCCC)OC(=O)CCCCCCCCCCCCCCCC(C)C)OC(=O)CCCCCCCCCCC. The molecule has 0 spiro atoms. The van der Waals surface area contributed by atoms with Crippen LogP contribution in [-0.2, 0) is 65.4 Å². The van der Waals surface area contributed by atoms with Crippen LogP contribution in [0.25, 0.3) is 0 Å². The number of hydrogen-bond acceptors (Lipinski definition) is 15. The van der Waals surface area contributed by atoms with E-state index in [0.29, 0.717) is 25.7 Å². The summed E-state index contributed by atoms with van der Waals surface area (Å²) >= 11 is 0. The molecule has 17 nitrogen and oxygen atoms in total. The van der Waals surface area contributed by atoms with E-state index >= 15 is 0 Å². The number of carbonyl (C=O) groups is 4. The molecule has 0 radical (unpaired) electrons. The van der Waals surface area contributed by atoms with E-state index in [1.165, 1.54) is 148 Å². The molecule has 19 heteroatoms. The number of phosphoric acid groups is 2. The van der Waals surface area contributed by atoms with Gasteiger partial charge in [-0.3, -0.25) is 37.3 Å². The molecule has 0 aliphatic rings. The van der Waals surface area contributed by atoms with E-state index in [1.54, 1.807) is 0 Å². The summed E-state index contributed by atoms with van der Waals surface area (Å²) in [5.74, 6) is -1.35. The smallest absolute Gasteiger partial charge is 0.462 e. The molecule has 0 fully saturated rings. The van der Waals surface area contributed by atoms with E-state index in [2.05, 4.69) is 34.6 Å². The van der Waals surface area contributed by atoms with E-state index in [1.807, 2.05) is 0 Å². The fourth-order valence-electron chi connectivity index (χ4n) is 9.58. The maximum atomic E-state index is 13.0. The highest BCUT2D eigenvalue weighted by Crippen LogP contribution is 2.45. The summed E-state index contributed by atoms with van der Waals surface area (Å²) in [7, 11) is -9.88. The Morgan fingerprint density at radius 1 is 0.325 bits per heavy atom. The summed E-state index contributed by atoms with van der Waals surface area (Å²) in [6, 6.07) is 0. The number of phosphoric ester groups is 2. The Morgan fingerprint density at radius 2 is 0.554 bits per heavy atom. The number of ether oxygens (including phenoxy) is 4. The predicted molar refractivity (Wildman–Crippen MR) is 331 cm³/mol. The molecule has 0 saturated heterocycles. The average Bonchev–Trinajstić information content (AvgIpc) is 3.50. The number of esters is 4. The van der Waals surface area contributed by atoms with Gasteiger partial charge in [0.2, 0.25) is 0 Å². The Labute approximate surface area is 505 Å². The first-order valence-corrected chi connectivity index (χ1v) is 36.6. The molecule has 5 atom stereocenters. The highest BCUT2D eigenvalue weighted by molar-refractivity contribution is 7.47. The van der Waals surface area contributed by atoms with Gasteiger partial charge in [-0.2, -0.15) is 0 Å². The molecule has 0 rings (SSSR count). The fraction of sp³-hybridized carbons (Fsp3) is 0.938. The Kier molecular flexibility index (Phi) is 56.4. The number of carbonyl (C=O) groups excluding carboxylic acids is 4. The van der Waals surface area contributed by atoms with Crippen LogP contribution in [0.4, 0.5) is 0 Å². The zero-order chi connectivity index (χ0) is 61.3. The molecule has 492 valence electrons. The molecule has 0 saturated carbocycles. The maximum Gasteiger partial charge on any atom is 0.472 e. The van der Waals surface area contributed by atoms with E-state index in [-0.39, 0.29) is 25.7 Å². The molecule has 83 heavy (non-hydrogen) atoms. The summed E-state index contributed by atoms with van der Waals surface area (Å²) < 4.78 is 67.9. The molecular weight excluding hydrogens is 1100 g/mol. The van der Waals surface area contributed by atoms with Crippen molar-refractivity contribution >= 4 is 39.5 Å². The van der Waals surface area contributed by atoms with Gasteiger partial charge in [-0.15, -0.1) is 0 Å². The highest BCUT2D eigenvalue weighted by Gasteiger charge is 2.30. The number of unbranched alkanes of at least 4 members (excludes halogenated alkanes) is 36. The molecule has 0 aromatic rings. The van der Waals surface area contributed by atoms with Crippen molar-refractivity contribution in [3.63, 3.8) is 0 Å². The van der Waals surface area contributed by atoms with E-state index < -0.39 is 97.5 Å². The second-order valence-corrected chi connectivity index (χ2v) is 26.5. The van der Waals surface area contributed by atoms with Gasteiger partial charge in [0, 0.05) is 25.7 Å². The van der Waals surface area contributed by atoms with Crippen molar-refractivity contribution in [2.45, 2.75) is 342 Å². The zero-order valence-electron chi connectivity index (χ0n) is 53.3. The number of hydrogen-bond donors (Lipinski definition) is 3. The summed E-state index contributed by atoms with van der Waals surface area (Å²) in [6.07, 6.45) is 41.7. The third-order valence-electron chi connectivity index (χ3n) is 14.8. The largest absolute Gasteiger partial charge is 0.472 e. The molecule has 0 bridgehead atoms. The van der Waals surface area contributed by atoms with Crippen LogP contribution in [0.1, 0.15) is 324 Å². The van der Waals surface area contributed by atoms with Gasteiger partial charge >= 0.3 is 39.5 Å². The highest BCUT2D eigenvalue weighted by atomic mass is 31.2. The zero-order valence-corrected chi connectivity index (χ0v) is 55.1. The minimum atomic E-state index is -4.94. The minimum Gasteiger partial charge on any atom is -0.462 e. The van der Waals surface area contributed by atoms with Crippen molar-refractivity contribution in [3.05, 3.63) is 0 Å². The van der Waals surface area contributed by atoms with Gasteiger partial charge in [-0.1, -0.05) is 272 Å². The lowest BCUT2D eigenvalue weighted by Crippen LogP contribution is -2.30. The van der Waals surface area contributed by atoms with Crippen molar-refractivity contribution in [1.29, 1.82) is 0 Å². The topological polar surface area (TPSA) is 237 Å². The van der Waals surface area contributed by atoms with Crippen molar-refractivity contribution in [2.75, 3.05) is 39.6 Å². The normalized spacial score (nSPS) is 14.2. The molecule has 0 aromatic heterocycles. The summed E-state index contributed by atoms with van der Waals surface area (Å²) in [6.45, 7) is 7.17. The van der Waals surface area contributed by atoms with E-state index in [4.69, 9.17) is 37.0 Å². The van der Waals surface area contributed by atoms with Crippen LogP contribution < -0.4 is 0 Å². The quantitative estimate of drug-likeness (QED) is 0.0222. The van der Waals surface area contributed by atoms with Crippen LogP contribution in [0, 0.1) is 5.92 Å². The monoisotopic (exact) mass is 1230 g/mol. The van der Waals surface area contributed by atoms with Crippen molar-refractivity contribution in [3.8, 4) is 0 Å². The van der Waals surface area contributed by atoms with Crippen molar-refractivity contribution in [2.24, 2.45) is 5.92 Å². The summed E-state index contributed by atoms with van der Waals surface area (Å²) in [4.78, 5) is 72.1. The first-order valence-electron chi connectivity index (χ1n) is 33.6. The van der Waals surface area contributed by atoms with Crippen LogP contribution in [-0.4, -0.2) is 96.7 Å². The number of rotatable bonds is 64. The molecule has 2 unspecified atom stereocenters. The molecule has 0 aliphatic heterocycles. The lowest BCUT2D eigenvalue weighted by atomic mass is 10.0. The second kappa shape index (κ2) is 57.8. The Hall–Kier alpha value is -1.94. The Morgan fingerprint density at radius 3 is 0.819 bits per heavy atom. The molecule has 0 amide bonds. The van der Waals surface area contributed by atoms with Gasteiger partial charge in [0.25, 0.3) is 0 Å². The average molecular weight is 1230 g/mol. The Bertz CT molecular complexity index is 1620. The summed E-state index contributed by atoms with van der Waals surface area (Å²) in [5.41, 5.74) is 0. The predicted octanol–water partition coefficient (Wildman–Crippen LogP) is 17.8. The Balaban J connectivity index is 5.19. The first-order chi connectivity index (χ1) is 40.0. The van der Waals surface area contributed by atoms with Crippen LogP contribution >= 0.6 is 15.6 Å². The van der Waals surface area contributed by atoms with Crippen LogP contribution in [0.15, 0.2) is 0 Å². The van der Waals surface area contributed by atoms with Gasteiger partial charge in [0.05, 0.1) is 26.4 Å². The van der Waals surface area contributed by atoms with Gasteiger partial charge in [0.15, 0.2) is 12.2 Å². The van der Waals surface area contributed by atoms with Crippen molar-refractivity contribution in [1.82, 2.24) is 0 Å². The third kappa shape index (κ3) is 58.8. The third-order valence-corrected chi connectivity index (χ3v) is 16.7. The lowest BCUT2D eigenvalue weighted by molar-refractivity contribution is -0.161. The lowest BCUT2D eigenvalue weighted by Gasteiger charge is -2.21. The first kappa shape index (κ1) is 81.1. The molecule has 0 heterocycles. The van der Waals surface area contributed by atoms with Gasteiger partial charge in [-0.25, -0.2) is 9.13 Å². The number of aliphatic hydroxyl groups is 1. The van der Waals surface area contributed by atoms with Crippen LogP contribution in [0.3, 0.4) is 0 Å². The van der Waals surface area contributed by atoms with Crippen molar-refractivity contribution < 1.29 is 80.2 Å². The van der Waals surface area contributed by atoms with Crippen LogP contribution in [0.2, 0.25) is 0 Å². The number of aliphatic hydroxyl groups excluding tert-OH is 1. The minimum absolute atomic E-state index is 0.106. The second-order valence-electron chi connectivity index (χ2n) is 23.6. The molecular formula is C64H124O17P2. The molecule has 0 aliphatic carbocycles. The van der Waals surface area contributed by atoms with Crippen LogP contribution in [0.5, 0.6) is 0 Å². The fourth-order valence-corrected chi connectivity index (χ4v) is 11.2. The molecule has 3 N–H and O–H groups in total. The standard InChI is InChI=1S/C64H124O17P2/c1-6-9-12-15-18-26-32-37-42-47-61(66)74-53-59(80-63(68)49-44-39-34-28-20-17-14-11-8-3)55-78-82(70,71)76-51-58(65)52-77-83(72,73)79-56-60(54-75-62(67)48-43-38-33-27-19-16-13-10-7-2)81-64(69)50-45-40-35-30-25-23-21-22-24-29-31-36-41-46-57(4)5/h57-60,65H,6-56H2,1-5H3,(H,70,71)(H,72,73)/t58-,59+,60+/m0/s1. The van der Waals surface area contributed by atoms with Gasteiger partial charge < -0.3 is 33.8 Å². The molecule has 0 aromatic carbocycles. The maximum absolute atomic E-state index is 13.0. The van der Waals surface area contributed by atoms with Gasteiger partial charge in [-0.05, 0) is 31.6 Å². The van der Waals surface area contributed by atoms with E-state index in [9.17, 15) is 43.2 Å². The summed E-state index contributed by atoms with van der Waals surface area (Å²) in [5, 5.41) is 10.5. The van der Waals surface area contributed by atoms with Gasteiger partial charge in [0.1, 0.15) is 19.3 Å².